The molecule has 0 bridgehead atoms. The molecule has 0 spiro atoms. The van der Waals surface area contributed by atoms with Gasteiger partial charge < -0.3 is 19.3 Å². The molecule has 1 fully saturated rings. The summed E-state index contributed by atoms with van der Waals surface area (Å²) in [6.07, 6.45) is 0. The molecule has 1 aliphatic rings. The van der Waals surface area contributed by atoms with Crippen LogP contribution in [0.5, 0.6) is 0 Å². The van der Waals surface area contributed by atoms with Gasteiger partial charge in [0.25, 0.3) is 5.91 Å². The van der Waals surface area contributed by atoms with Crippen molar-refractivity contribution >= 4 is 28.2 Å². The quantitative estimate of drug-likeness (QED) is 0.753. The Bertz CT molecular complexity index is 767. The fraction of sp³-hybridized carbons (Fsp3) is 0.368. The Morgan fingerprint density at radius 2 is 1.88 bits per heavy atom. The lowest BCUT2D eigenvalue weighted by Gasteiger charge is -2.28. The Labute approximate surface area is 156 Å². The standard InChI is InChI=1S/C19H22N2O4S/c1-20(2)17(22)13-25-19(23)16-12-15(14-6-4-3-5-7-14)18(26-16)21-8-10-24-11-9-21/h3-7,12H,8-11,13H2,1-2H3. The zero-order chi connectivity index (χ0) is 18.5. The number of ether oxygens (including phenoxy) is 2. The maximum absolute atomic E-state index is 12.4. The van der Waals surface area contributed by atoms with E-state index >= 15 is 0 Å². The first kappa shape index (κ1) is 18.4. The Kier molecular flexibility index (Phi) is 5.90. The molecule has 138 valence electrons. The number of carbonyl (C=O) groups excluding carboxylic acids is 2. The van der Waals surface area contributed by atoms with Crippen LogP contribution >= 0.6 is 11.3 Å². The molecule has 7 heteroatoms. The summed E-state index contributed by atoms with van der Waals surface area (Å²) in [5.41, 5.74) is 2.05. The second-order valence-electron chi connectivity index (χ2n) is 6.16. The molecule has 1 aromatic carbocycles. The lowest BCUT2D eigenvalue weighted by molar-refractivity contribution is -0.131. The summed E-state index contributed by atoms with van der Waals surface area (Å²) in [5.74, 6) is -0.714. The van der Waals surface area contributed by atoms with Crippen LogP contribution in [-0.4, -0.2) is 63.8 Å². The number of esters is 1. The predicted octanol–water partition coefficient (Wildman–Crippen LogP) is 2.50. The third-order valence-corrected chi connectivity index (χ3v) is 5.30. The van der Waals surface area contributed by atoms with E-state index in [2.05, 4.69) is 4.90 Å². The summed E-state index contributed by atoms with van der Waals surface area (Å²) in [6, 6.07) is 11.8. The van der Waals surface area contributed by atoms with E-state index in [0.29, 0.717) is 18.1 Å². The number of benzene rings is 1. The number of carbonyl (C=O) groups is 2. The van der Waals surface area contributed by atoms with Crippen molar-refractivity contribution in [2.45, 2.75) is 0 Å². The topological polar surface area (TPSA) is 59.1 Å². The van der Waals surface area contributed by atoms with Crippen molar-refractivity contribution in [1.82, 2.24) is 4.90 Å². The highest BCUT2D eigenvalue weighted by molar-refractivity contribution is 7.18. The highest BCUT2D eigenvalue weighted by Gasteiger charge is 2.23. The summed E-state index contributed by atoms with van der Waals surface area (Å²) in [5, 5.41) is 1.03. The highest BCUT2D eigenvalue weighted by atomic mass is 32.1. The summed E-state index contributed by atoms with van der Waals surface area (Å²) >= 11 is 1.40. The molecule has 0 N–H and O–H groups in total. The summed E-state index contributed by atoms with van der Waals surface area (Å²) in [4.78, 5) is 28.2. The van der Waals surface area contributed by atoms with Crippen molar-refractivity contribution < 1.29 is 19.1 Å². The third kappa shape index (κ3) is 4.23. The SMILES string of the molecule is CN(C)C(=O)COC(=O)c1cc(-c2ccccc2)c(N2CCOCC2)s1. The fourth-order valence-corrected chi connectivity index (χ4v) is 3.76. The van der Waals surface area contributed by atoms with Crippen LogP contribution in [0.4, 0.5) is 5.00 Å². The Balaban J connectivity index is 1.86. The highest BCUT2D eigenvalue weighted by Crippen LogP contribution is 2.39. The van der Waals surface area contributed by atoms with Gasteiger partial charge in [0.1, 0.15) is 4.88 Å². The fourth-order valence-electron chi connectivity index (χ4n) is 2.64. The molecule has 0 radical (unpaired) electrons. The summed E-state index contributed by atoms with van der Waals surface area (Å²) in [7, 11) is 3.26. The minimum atomic E-state index is -0.470. The number of thiophene rings is 1. The first-order valence-electron chi connectivity index (χ1n) is 8.45. The minimum absolute atomic E-state index is 0.244. The van der Waals surface area contributed by atoms with E-state index in [1.807, 2.05) is 36.4 Å². The van der Waals surface area contributed by atoms with Crippen molar-refractivity contribution in [2.24, 2.45) is 0 Å². The number of hydrogen-bond acceptors (Lipinski definition) is 6. The lowest BCUT2D eigenvalue weighted by atomic mass is 10.1. The van der Waals surface area contributed by atoms with Crippen molar-refractivity contribution in [3.63, 3.8) is 0 Å². The van der Waals surface area contributed by atoms with E-state index in [1.54, 1.807) is 14.1 Å². The zero-order valence-electron chi connectivity index (χ0n) is 14.9. The smallest absolute Gasteiger partial charge is 0.348 e. The predicted molar refractivity (Wildman–Crippen MR) is 102 cm³/mol. The molecule has 0 aliphatic carbocycles. The van der Waals surface area contributed by atoms with Gasteiger partial charge in [-0.25, -0.2) is 4.79 Å². The zero-order valence-corrected chi connectivity index (χ0v) is 15.8. The first-order valence-corrected chi connectivity index (χ1v) is 9.27. The van der Waals surface area contributed by atoms with Gasteiger partial charge in [0.05, 0.1) is 18.2 Å². The van der Waals surface area contributed by atoms with Crippen LogP contribution in [0.25, 0.3) is 11.1 Å². The number of rotatable bonds is 5. The van der Waals surface area contributed by atoms with Crippen LogP contribution in [0.15, 0.2) is 36.4 Å². The van der Waals surface area contributed by atoms with Gasteiger partial charge in [0.15, 0.2) is 6.61 Å². The summed E-state index contributed by atoms with van der Waals surface area (Å²) in [6.45, 7) is 2.66. The molecule has 1 aliphatic heterocycles. The Hall–Kier alpha value is -2.38. The monoisotopic (exact) mass is 374 g/mol. The van der Waals surface area contributed by atoms with Gasteiger partial charge in [-0.05, 0) is 11.6 Å². The molecule has 0 atom stereocenters. The van der Waals surface area contributed by atoms with E-state index in [-0.39, 0.29) is 12.5 Å². The van der Waals surface area contributed by atoms with Crippen LogP contribution in [0.1, 0.15) is 9.67 Å². The maximum Gasteiger partial charge on any atom is 0.348 e. The molecule has 26 heavy (non-hydrogen) atoms. The van der Waals surface area contributed by atoms with Crippen LogP contribution < -0.4 is 4.90 Å². The first-order chi connectivity index (χ1) is 12.6. The van der Waals surface area contributed by atoms with Crippen LogP contribution in [0.2, 0.25) is 0 Å². The van der Waals surface area contributed by atoms with Crippen molar-refractivity contribution in [3.8, 4) is 11.1 Å². The van der Waals surface area contributed by atoms with E-state index in [1.165, 1.54) is 16.2 Å². The number of likely N-dealkylation sites (N-methyl/N-ethyl adjacent to an activating group) is 1. The van der Waals surface area contributed by atoms with Gasteiger partial charge in [-0.1, -0.05) is 30.3 Å². The average molecular weight is 374 g/mol. The Morgan fingerprint density at radius 1 is 1.19 bits per heavy atom. The van der Waals surface area contributed by atoms with Crippen molar-refractivity contribution in [3.05, 3.63) is 41.3 Å². The molecule has 3 rings (SSSR count). The number of amides is 1. The second kappa shape index (κ2) is 8.33. The van der Waals surface area contributed by atoms with E-state index in [9.17, 15) is 9.59 Å². The van der Waals surface area contributed by atoms with Crippen molar-refractivity contribution in [1.29, 1.82) is 0 Å². The minimum Gasteiger partial charge on any atom is -0.451 e. The van der Waals surface area contributed by atoms with Gasteiger partial charge >= 0.3 is 5.97 Å². The largest absolute Gasteiger partial charge is 0.451 e. The molecule has 1 saturated heterocycles. The molecular weight excluding hydrogens is 352 g/mol. The Morgan fingerprint density at radius 3 is 2.54 bits per heavy atom. The average Bonchev–Trinajstić information content (AvgIpc) is 3.12. The van der Waals surface area contributed by atoms with Crippen LogP contribution in [-0.2, 0) is 14.3 Å². The molecule has 1 amide bonds. The van der Waals surface area contributed by atoms with E-state index in [4.69, 9.17) is 9.47 Å². The van der Waals surface area contributed by atoms with Gasteiger partial charge in [-0.2, -0.15) is 0 Å². The number of nitrogens with zero attached hydrogens (tertiary/aromatic N) is 2. The number of morpholine rings is 1. The van der Waals surface area contributed by atoms with Gasteiger partial charge in [-0.15, -0.1) is 11.3 Å². The van der Waals surface area contributed by atoms with Gasteiger partial charge in [0.2, 0.25) is 0 Å². The molecule has 1 aromatic heterocycles. The molecule has 0 saturated carbocycles. The third-order valence-electron chi connectivity index (χ3n) is 4.12. The normalized spacial score (nSPS) is 14.2. The van der Waals surface area contributed by atoms with Gasteiger partial charge in [0, 0.05) is 32.7 Å². The summed E-state index contributed by atoms with van der Waals surface area (Å²) < 4.78 is 10.6. The van der Waals surface area contributed by atoms with E-state index < -0.39 is 5.97 Å². The molecule has 6 nitrogen and oxygen atoms in total. The molecule has 2 aromatic rings. The van der Waals surface area contributed by atoms with Crippen molar-refractivity contribution in [2.75, 3.05) is 51.9 Å². The number of anilines is 1. The molecule has 0 unspecified atom stereocenters. The van der Waals surface area contributed by atoms with Crippen LogP contribution in [0.3, 0.4) is 0 Å². The second-order valence-corrected chi connectivity index (χ2v) is 7.19. The molecular formula is C19H22N2O4S. The van der Waals surface area contributed by atoms with E-state index in [0.717, 1.165) is 29.2 Å². The lowest BCUT2D eigenvalue weighted by Crippen LogP contribution is -2.35. The molecule has 2 heterocycles. The maximum atomic E-state index is 12.4. The number of hydrogen-bond donors (Lipinski definition) is 0. The van der Waals surface area contributed by atoms with Gasteiger partial charge in [-0.3, -0.25) is 4.79 Å². The van der Waals surface area contributed by atoms with Crippen LogP contribution in [0, 0.1) is 0 Å².